The number of rotatable bonds is 12. The molecule has 0 aromatic heterocycles. The van der Waals surface area contributed by atoms with Gasteiger partial charge >= 0.3 is 0 Å². The van der Waals surface area contributed by atoms with Gasteiger partial charge in [0.15, 0.2) is 5.96 Å². The van der Waals surface area contributed by atoms with Crippen LogP contribution in [0.3, 0.4) is 0 Å². The highest BCUT2D eigenvalue weighted by Gasteiger charge is 2.14. The van der Waals surface area contributed by atoms with Crippen molar-refractivity contribution in [1.82, 2.24) is 10.6 Å². The maximum absolute atomic E-state index is 6.02. The lowest BCUT2D eigenvalue weighted by Crippen LogP contribution is -2.37. The Hall–Kier alpha value is -1.63. The van der Waals surface area contributed by atoms with Crippen LogP contribution >= 0.6 is 0 Å². The molecular formula is C22H37N3O3. The first-order valence-electron chi connectivity index (χ1n) is 10.6. The lowest BCUT2D eigenvalue weighted by atomic mass is 10.1. The van der Waals surface area contributed by atoms with Gasteiger partial charge in [0.1, 0.15) is 0 Å². The number of hydrogen-bond donors (Lipinski definition) is 2. The second-order valence-electron chi connectivity index (χ2n) is 7.11. The monoisotopic (exact) mass is 391 g/mol. The number of unbranched alkanes of at least 4 members (excludes halogenated alkanes) is 1. The van der Waals surface area contributed by atoms with Crippen LogP contribution < -0.4 is 10.6 Å². The molecular weight excluding hydrogens is 354 g/mol. The zero-order chi connectivity index (χ0) is 19.9. The molecule has 158 valence electrons. The van der Waals surface area contributed by atoms with Crippen LogP contribution in [-0.4, -0.2) is 52.1 Å². The van der Waals surface area contributed by atoms with E-state index in [9.17, 15) is 0 Å². The van der Waals surface area contributed by atoms with E-state index in [1.54, 1.807) is 7.05 Å². The fourth-order valence-corrected chi connectivity index (χ4v) is 3.02. The minimum absolute atomic E-state index is 0.324. The lowest BCUT2D eigenvalue weighted by Gasteiger charge is -2.22. The van der Waals surface area contributed by atoms with E-state index in [-0.39, 0.29) is 0 Å². The van der Waals surface area contributed by atoms with Gasteiger partial charge < -0.3 is 24.8 Å². The topological polar surface area (TPSA) is 64.1 Å². The van der Waals surface area contributed by atoms with E-state index in [0.29, 0.717) is 12.7 Å². The SMILES string of the molecule is CCCCOCCCNC(=NC)NCc1cccc(COC2CCOCC2)c1. The van der Waals surface area contributed by atoms with Gasteiger partial charge in [-0.3, -0.25) is 4.99 Å². The predicted octanol–water partition coefficient (Wildman–Crippen LogP) is 3.25. The number of nitrogens with one attached hydrogen (secondary N) is 2. The Morgan fingerprint density at radius 3 is 2.71 bits per heavy atom. The highest BCUT2D eigenvalue weighted by molar-refractivity contribution is 5.79. The van der Waals surface area contributed by atoms with Crippen LogP contribution in [0.25, 0.3) is 0 Å². The Labute approximate surface area is 170 Å². The van der Waals surface area contributed by atoms with Crippen molar-refractivity contribution in [1.29, 1.82) is 0 Å². The molecule has 1 fully saturated rings. The normalized spacial score (nSPS) is 15.6. The van der Waals surface area contributed by atoms with Crippen molar-refractivity contribution in [2.45, 2.75) is 58.3 Å². The smallest absolute Gasteiger partial charge is 0.191 e. The van der Waals surface area contributed by atoms with Crippen molar-refractivity contribution in [2.75, 3.05) is 40.0 Å². The van der Waals surface area contributed by atoms with E-state index >= 15 is 0 Å². The molecule has 1 saturated heterocycles. The summed E-state index contributed by atoms with van der Waals surface area (Å²) in [7, 11) is 1.80. The molecule has 1 aromatic rings. The molecule has 0 atom stereocenters. The summed E-state index contributed by atoms with van der Waals surface area (Å²) in [6, 6.07) is 8.53. The molecule has 0 saturated carbocycles. The van der Waals surface area contributed by atoms with Crippen LogP contribution in [0.5, 0.6) is 0 Å². The molecule has 28 heavy (non-hydrogen) atoms. The summed E-state index contributed by atoms with van der Waals surface area (Å²) in [5.74, 6) is 0.817. The zero-order valence-electron chi connectivity index (χ0n) is 17.5. The van der Waals surface area contributed by atoms with Crippen molar-refractivity contribution in [2.24, 2.45) is 4.99 Å². The predicted molar refractivity (Wildman–Crippen MR) is 114 cm³/mol. The number of hydrogen-bond acceptors (Lipinski definition) is 4. The number of benzene rings is 1. The summed E-state index contributed by atoms with van der Waals surface area (Å²) >= 11 is 0. The molecule has 1 aliphatic rings. The van der Waals surface area contributed by atoms with Gasteiger partial charge in [-0.2, -0.15) is 0 Å². The van der Waals surface area contributed by atoms with Crippen LogP contribution in [0, 0.1) is 0 Å². The third-order valence-electron chi connectivity index (χ3n) is 4.73. The Morgan fingerprint density at radius 2 is 1.93 bits per heavy atom. The van der Waals surface area contributed by atoms with Gasteiger partial charge in [-0.25, -0.2) is 0 Å². The van der Waals surface area contributed by atoms with Gasteiger partial charge in [-0.1, -0.05) is 37.6 Å². The van der Waals surface area contributed by atoms with E-state index in [0.717, 1.165) is 71.2 Å². The standard InChI is InChI=1S/C22H37N3O3/c1-3-4-12-26-13-6-11-24-22(23-2)25-17-19-7-5-8-20(16-19)18-28-21-9-14-27-15-10-21/h5,7-8,16,21H,3-4,6,9-15,17-18H2,1-2H3,(H2,23,24,25). The first-order chi connectivity index (χ1) is 13.8. The summed E-state index contributed by atoms with van der Waals surface area (Å²) < 4.78 is 17.0. The van der Waals surface area contributed by atoms with E-state index in [2.05, 4.69) is 46.8 Å². The van der Waals surface area contributed by atoms with Gasteiger partial charge in [0, 0.05) is 46.6 Å². The summed E-state index contributed by atoms with van der Waals surface area (Å²) in [6.07, 6.45) is 5.60. The summed E-state index contributed by atoms with van der Waals surface area (Å²) in [5.41, 5.74) is 2.43. The summed E-state index contributed by atoms with van der Waals surface area (Å²) in [4.78, 5) is 4.29. The average molecular weight is 392 g/mol. The molecule has 1 aromatic carbocycles. The van der Waals surface area contributed by atoms with Crippen LogP contribution in [0.2, 0.25) is 0 Å². The molecule has 0 radical (unpaired) electrons. The zero-order valence-corrected chi connectivity index (χ0v) is 17.5. The number of ether oxygens (including phenoxy) is 3. The molecule has 2 N–H and O–H groups in total. The van der Waals surface area contributed by atoms with Crippen molar-refractivity contribution < 1.29 is 14.2 Å². The second-order valence-corrected chi connectivity index (χ2v) is 7.11. The van der Waals surface area contributed by atoms with Crippen molar-refractivity contribution in [3.05, 3.63) is 35.4 Å². The first kappa shape index (κ1) is 22.7. The number of aliphatic imine (C=N–C) groups is 1. The van der Waals surface area contributed by atoms with Crippen LogP contribution in [0.1, 0.15) is 50.2 Å². The van der Waals surface area contributed by atoms with Gasteiger partial charge in [0.05, 0.1) is 12.7 Å². The molecule has 0 amide bonds. The fraction of sp³-hybridized carbons (Fsp3) is 0.682. The van der Waals surface area contributed by atoms with Gasteiger partial charge in [0.2, 0.25) is 0 Å². The highest BCUT2D eigenvalue weighted by Crippen LogP contribution is 2.14. The van der Waals surface area contributed by atoms with E-state index < -0.39 is 0 Å². The lowest BCUT2D eigenvalue weighted by molar-refractivity contribution is -0.0390. The van der Waals surface area contributed by atoms with Crippen LogP contribution in [0.4, 0.5) is 0 Å². The number of guanidine groups is 1. The third kappa shape index (κ3) is 9.53. The summed E-state index contributed by atoms with van der Waals surface area (Å²) in [5, 5.41) is 6.71. The average Bonchev–Trinajstić information content (AvgIpc) is 2.75. The van der Waals surface area contributed by atoms with E-state index in [1.807, 2.05) is 0 Å². The molecule has 1 aliphatic heterocycles. The van der Waals surface area contributed by atoms with E-state index in [1.165, 1.54) is 17.5 Å². The Bertz CT molecular complexity index is 560. The largest absolute Gasteiger partial charge is 0.381 e. The van der Waals surface area contributed by atoms with Crippen LogP contribution in [0.15, 0.2) is 29.3 Å². The second kappa shape index (κ2) is 14.4. The van der Waals surface area contributed by atoms with E-state index in [4.69, 9.17) is 14.2 Å². The Morgan fingerprint density at radius 1 is 1.14 bits per heavy atom. The molecule has 6 heteroatoms. The highest BCUT2D eigenvalue weighted by atomic mass is 16.5. The Kier molecular flexibility index (Phi) is 11.6. The molecule has 0 bridgehead atoms. The molecule has 0 aliphatic carbocycles. The minimum atomic E-state index is 0.324. The maximum Gasteiger partial charge on any atom is 0.191 e. The van der Waals surface area contributed by atoms with Crippen molar-refractivity contribution in [3.8, 4) is 0 Å². The summed E-state index contributed by atoms with van der Waals surface area (Å²) in [6.45, 7) is 7.69. The Balaban J connectivity index is 1.64. The number of nitrogens with zero attached hydrogens (tertiary/aromatic N) is 1. The van der Waals surface area contributed by atoms with Crippen LogP contribution in [-0.2, 0) is 27.4 Å². The van der Waals surface area contributed by atoms with Crippen molar-refractivity contribution >= 4 is 5.96 Å². The molecule has 2 rings (SSSR count). The maximum atomic E-state index is 6.02. The van der Waals surface area contributed by atoms with Gasteiger partial charge in [-0.15, -0.1) is 0 Å². The quantitative estimate of drug-likeness (QED) is 0.325. The third-order valence-corrected chi connectivity index (χ3v) is 4.73. The van der Waals surface area contributed by atoms with Gasteiger partial charge in [0.25, 0.3) is 0 Å². The fourth-order valence-electron chi connectivity index (χ4n) is 3.02. The van der Waals surface area contributed by atoms with Gasteiger partial charge in [-0.05, 0) is 36.8 Å². The molecule has 0 unspecified atom stereocenters. The molecule has 6 nitrogen and oxygen atoms in total. The minimum Gasteiger partial charge on any atom is -0.381 e. The first-order valence-corrected chi connectivity index (χ1v) is 10.6. The van der Waals surface area contributed by atoms with Crippen molar-refractivity contribution in [3.63, 3.8) is 0 Å². The molecule has 0 spiro atoms. The molecule has 1 heterocycles.